The summed E-state index contributed by atoms with van der Waals surface area (Å²) in [5, 5.41) is 11.1. The monoisotopic (exact) mass is 336 g/mol. The molecule has 0 unspecified atom stereocenters. The minimum atomic E-state index is -0.281. The van der Waals surface area contributed by atoms with Crippen molar-refractivity contribution >= 4 is 11.6 Å². The Labute approximate surface area is 146 Å². The van der Waals surface area contributed by atoms with E-state index >= 15 is 0 Å². The molecule has 0 aliphatic rings. The van der Waals surface area contributed by atoms with Gasteiger partial charge in [0.15, 0.2) is 5.69 Å². The fourth-order valence-corrected chi connectivity index (χ4v) is 2.76. The van der Waals surface area contributed by atoms with Gasteiger partial charge in [0.05, 0.1) is 12.8 Å². The van der Waals surface area contributed by atoms with Crippen LogP contribution in [0.4, 0.5) is 5.69 Å². The van der Waals surface area contributed by atoms with Gasteiger partial charge in [-0.2, -0.15) is 0 Å². The Morgan fingerprint density at radius 1 is 1.04 bits per heavy atom. The summed E-state index contributed by atoms with van der Waals surface area (Å²) in [6.45, 7) is 5.73. The van der Waals surface area contributed by atoms with Gasteiger partial charge in [-0.1, -0.05) is 35.5 Å². The van der Waals surface area contributed by atoms with Crippen LogP contribution in [0.5, 0.6) is 5.75 Å². The maximum Gasteiger partial charge on any atom is 0.278 e. The Morgan fingerprint density at radius 2 is 1.72 bits per heavy atom. The number of benzene rings is 2. The SMILES string of the molecule is COc1ccccc1-n1nnc(C(=O)Nc2c(C)cccc2C)c1C. The number of nitrogens with zero attached hydrogens (tertiary/aromatic N) is 3. The lowest BCUT2D eigenvalue weighted by atomic mass is 10.1. The maximum absolute atomic E-state index is 12.7. The van der Waals surface area contributed by atoms with Crippen LogP contribution in [0.25, 0.3) is 5.69 Å². The summed E-state index contributed by atoms with van der Waals surface area (Å²) in [7, 11) is 1.60. The van der Waals surface area contributed by atoms with Crippen LogP contribution in [0, 0.1) is 20.8 Å². The number of rotatable bonds is 4. The Balaban J connectivity index is 1.95. The highest BCUT2D eigenvalue weighted by Gasteiger charge is 2.20. The van der Waals surface area contributed by atoms with Crippen molar-refractivity contribution in [1.82, 2.24) is 15.0 Å². The van der Waals surface area contributed by atoms with Gasteiger partial charge >= 0.3 is 0 Å². The summed E-state index contributed by atoms with van der Waals surface area (Å²) in [4.78, 5) is 12.7. The molecule has 6 nitrogen and oxygen atoms in total. The molecule has 1 N–H and O–H groups in total. The summed E-state index contributed by atoms with van der Waals surface area (Å²) in [6.07, 6.45) is 0. The van der Waals surface area contributed by atoms with Crippen molar-refractivity contribution in [3.63, 3.8) is 0 Å². The van der Waals surface area contributed by atoms with Crippen LogP contribution in [0.2, 0.25) is 0 Å². The predicted octanol–water partition coefficient (Wildman–Crippen LogP) is 3.45. The highest BCUT2D eigenvalue weighted by atomic mass is 16.5. The molecule has 3 aromatic rings. The zero-order valence-corrected chi connectivity index (χ0v) is 14.7. The first-order chi connectivity index (χ1) is 12.0. The largest absolute Gasteiger partial charge is 0.494 e. The number of carbonyl (C=O) groups is 1. The zero-order chi connectivity index (χ0) is 18.0. The lowest BCUT2D eigenvalue weighted by Crippen LogP contribution is -2.16. The number of anilines is 1. The molecule has 0 fully saturated rings. The summed E-state index contributed by atoms with van der Waals surface area (Å²) < 4.78 is 6.97. The molecular formula is C19H20N4O2. The van der Waals surface area contributed by atoms with Gasteiger partial charge < -0.3 is 10.1 Å². The third-order valence-corrected chi connectivity index (χ3v) is 4.14. The fourth-order valence-electron chi connectivity index (χ4n) is 2.76. The molecule has 2 aromatic carbocycles. The van der Waals surface area contributed by atoms with Gasteiger partial charge in [0.25, 0.3) is 5.91 Å². The van der Waals surface area contributed by atoms with Gasteiger partial charge in [-0.25, -0.2) is 4.68 Å². The summed E-state index contributed by atoms with van der Waals surface area (Å²) in [5.74, 6) is 0.383. The quantitative estimate of drug-likeness (QED) is 0.792. The van der Waals surface area contributed by atoms with E-state index in [-0.39, 0.29) is 11.6 Å². The molecule has 0 saturated heterocycles. The number of methoxy groups -OCH3 is 1. The van der Waals surface area contributed by atoms with E-state index in [1.54, 1.807) is 11.8 Å². The number of aromatic nitrogens is 3. The summed E-state index contributed by atoms with van der Waals surface area (Å²) >= 11 is 0. The Hall–Kier alpha value is -3.15. The van der Waals surface area contributed by atoms with Crippen LogP contribution in [-0.2, 0) is 0 Å². The number of para-hydroxylation sites is 3. The molecule has 0 aliphatic heterocycles. The number of ether oxygens (including phenoxy) is 1. The topological polar surface area (TPSA) is 69.0 Å². The average Bonchev–Trinajstić information content (AvgIpc) is 2.99. The molecule has 6 heteroatoms. The Bertz CT molecular complexity index is 911. The normalized spacial score (nSPS) is 10.6. The van der Waals surface area contributed by atoms with Crippen LogP contribution in [0.3, 0.4) is 0 Å². The van der Waals surface area contributed by atoms with Crippen LogP contribution < -0.4 is 10.1 Å². The molecule has 0 aliphatic carbocycles. The smallest absolute Gasteiger partial charge is 0.278 e. The van der Waals surface area contributed by atoms with Crippen molar-refractivity contribution in [2.75, 3.05) is 12.4 Å². The van der Waals surface area contributed by atoms with Crippen molar-refractivity contribution in [3.05, 3.63) is 65.0 Å². The molecule has 0 bridgehead atoms. The third-order valence-electron chi connectivity index (χ3n) is 4.14. The average molecular weight is 336 g/mol. The van der Waals surface area contributed by atoms with Crippen LogP contribution in [0.1, 0.15) is 27.3 Å². The molecular weight excluding hydrogens is 316 g/mol. The lowest BCUT2D eigenvalue weighted by molar-refractivity contribution is 0.102. The maximum atomic E-state index is 12.7. The van der Waals surface area contributed by atoms with Gasteiger partial charge in [0, 0.05) is 5.69 Å². The standard InChI is InChI=1S/C19H20N4O2/c1-12-8-7-9-13(2)17(12)20-19(24)18-14(3)23(22-21-18)15-10-5-6-11-16(15)25-4/h5-11H,1-4H3,(H,20,24). The second-order valence-electron chi connectivity index (χ2n) is 5.83. The third kappa shape index (κ3) is 3.10. The second-order valence-corrected chi connectivity index (χ2v) is 5.83. The van der Waals surface area contributed by atoms with Crippen LogP contribution in [0.15, 0.2) is 42.5 Å². The first kappa shape index (κ1) is 16.7. The van der Waals surface area contributed by atoms with E-state index in [1.807, 2.05) is 63.2 Å². The molecule has 0 radical (unpaired) electrons. The number of amides is 1. The fraction of sp³-hybridized carbons (Fsp3) is 0.211. The van der Waals surface area contributed by atoms with Crippen molar-refractivity contribution < 1.29 is 9.53 Å². The van der Waals surface area contributed by atoms with Gasteiger partial charge in [0.2, 0.25) is 0 Å². The van der Waals surface area contributed by atoms with Crippen LogP contribution in [-0.4, -0.2) is 28.0 Å². The van der Waals surface area contributed by atoms with Gasteiger partial charge in [-0.3, -0.25) is 4.79 Å². The van der Waals surface area contributed by atoms with Gasteiger partial charge in [-0.05, 0) is 44.0 Å². The Morgan fingerprint density at radius 3 is 2.40 bits per heavy atom. The minimum absolute atomic E-state index is 0.281. The van der Waals surface area contributed by atoms with E-state index < -0.39 is 0 Å². The molecule has 25 heavy (non-hydrogen) atoms. The molecule has 0 saturated carbocycles. The van der Waals surface area contributed by atoms with Crippen molar-refractivity contribution in [2.24, 2.45) is 0 Å². The van der Waals surface area contributed by atoms with Crippen LogP contribution >= 0.6 is 0 Å². The summed E-state index contributed by atoms with van der Waals surface area (Å²) in [6, 6.07) is 13.4. The van der Waals surface area contributed by atoms with Crippen molar-refractivity contribution in [2.45, 2.75) is 20.8 Å². The molecule has 3 rings (SSSR count). The number of carbonyl (C=O) groups excluding carboxylic acids is 1. The van der Waals surface area contributed by atoms with E-state index in [0.29, 0.717) is 11.4 Å². The first-order valence-corrected chi connectivity index (χ1v) is 7.96. The second kappa shape index (κ2) is 6.76. The Kier molecular flexibility index (Phi) is 4.52. The molecule has 0 atom stereocenters. The van der Waals surface area contributed by atoms with E-state index in [2.05, 4.69) is 15.6 Å². The molecule has 0 spiro atoms. The number of hydrogen-bond acceptors (Lipinski definition) is 4. The molecule has 1 heterocycles. The minimum Gasteiger partial charge on any atom is -0.494 e. The van der Waals surface area contributed by atoms with Gasteiger partial charge in [-0.15, -0.1) is 5.10 Å². The summed E-state index contributed by atoms with van der Waals surface area (Å²) in [5.41, 5.74) is 4.48. The number of aryl methyl sites for hydroxylation is 2. The highest BCUT2D eigenvalue weighted by molar-refractivity contribution is 6.04. The van der Waals surface area contributed by atoms with E-state index in [0.717, 1.165) is 22.5 Å². The van der Waals surface area contributed by atoms with E-state index in [4.69, 9.17) is 4.74 Å². The molecule has 1 amide bonds. The predicted molar refractivity (Wildman–Crippen MR) is 96.5 cm³/mol. The van der Waals surface area contributed by atoms with E-state index in [9.17, 15) is 4.79 Å². The van der Waals surface area contributed by atoms with Crippen molar-refractivity contribution in [3.8, 4) is 11.4 Å². The highest BCUT2D eigenvalue weighted by Crippen LogP contribution is 2.24. The lowest BCUT2D eigenvalue weighted by Gasteiger charge is -2.11. The molecule has 128 valence electrons. The molecule has 1 aromatic heterocycles. The zero-order valence-electron chi connectivity index (χ0n) is 14.7. The number of hydrogen-bond donors (Lipinski definition) is 1. The van der Waals surface area contributed by atoms with Crippen molar-refractivity contribution in [1.29, 1.82) is 0 Å². The van der Waals surface area contributed by atoms with E-state index in [1.165, 1.54) is 0 Å². The first-order valence-electron chi connectivity index (χ1n) is 7.96. The number of nitrogens with one attached hydrogen (secondary N) is 1. The van der Waals surface area contributed by atoms with Gasteiger partial charge in [0.1, 0.15) is 11.4 Å².